The van der Waals surface area contributed by atoms with Crippen LogP contribution in [0.5, 0.6) is 0 Å². The van der Waals surface area contributed by atoms with Crippen LogP contribution in [0.2, 0.25) is 5.02 Å². The molecule has 0 bridgehead atoms. The third kappa shape index (κ3) is 4.37. The van der Waals surface area contributed by atoms with E-state index in [4.69, 9.17) is 17.3 Å². The maximum absolute atomic E-state index is 12.9. The molecule has 4 N–H and O–H groups in total. The molecule has 0 saturated carbocycles. The van der Waals surface area contributed by atoms with E-state index >= 15 is 0 Å². The number of anilines is 3. The quantitative estimate of drug-likeness (QED) is 0.483. The highest BCUT2D eigenvalue weighted by atomic mass is 35.5. The van der Waals surface area contributed by atoms with Gasteiger partial charge in [0.2, 0.25) is 5.91 Å². The van der Waals surface area contributed by atoms with Gasteiger partial charge in [-0.05, 0) is 42.0 Å². The number of amides is 2. The highest BCUT2D eigenvalue weighted by Crippen LogP contribution is 2.38. The predicted octanol–water partition coefficient (Wildman–Crippen LogP) is 4.58. The SMILES string of the molecule is CN(C(=O)CCN)c1ccc(N/C(=C2\C(=O)Nc3cc(Cl)ccc32)c2ccccc2)cc1. The number of carbonyl (C=O) groups excluding carboxylic acids is 2. The molecule has 0 atom stereocenters. The smallest absolute Gasteiger partial charge is 0.258 e. The molecule has 0 radical (unpaired) electrons. The normalized spacial score (nSPS) is 13.9. The highest BCUT2D eigenvalue weighted by molar-refractivity contribution is 6.38. The number of carbonyl (C=O) groups is 2. The Morgan fingerprint density at radius 1 is 1.06 bits per heavy atom. The van der Waals surface area contributed by atoms with E-state index < -0.39 is 0 Å². The number of nitrogens with zero attached hydrogens (tertiary/aromatic N) is 1. The minimum absolute atomic E-state index is 0.0433. The number of rotatable bonds is 6. The number of nitrogens with two attached hydrogens (primary N) is 1. The summed E-state index contributed by atoms with van der Waals surface area (Å²) in [5.74, 6) is -0.240. The lowest BCUT2D eigenvalue weighted by Gasteiger charge is -2.19. The zero-order valence-corrected chi connectivity index (χ0v) is 18.3. The molecule has 0 aliphatic carbocycles. The molecule has 1 aliphatic rings. The summed E-state index contributed by atoms with van der Waals surface area (Å²) < 4.78 is 0. The van der Waals surface area contributed by atoms with E-state index in [1.165, 1.54) is 0 Å². The Morgan fingerprint density at radius 2 is 1.78 bits per heavy atom. The van der Waals surface area contributed by atoms with Crippen molar-refractivity contribution in [1.82, 2.24) is 0 Å². The fraction of sp³-hybridized carbons (Fsp3) is 0.120. The predicted molar refractivity (Wildman–Crippen MR) is 130 cm³/mol. The average molecular weight is 447 g/mol. The van der Waals surface area contributed by atoms with E-state index in [2.05, 4.69) is 10.6 Å². The lowest BCUT2D eigenvalue weighted by atomic mass is 10.00. The first kappa shape index (κ1) is 21.6. The second kappa shape index (κ2) is 9.26. The highest BCUT2D eigenvalue weighted by Gasteiger charge is 2.28. The van der Waals surface area contributed by atoms with Crippen molar-refractivity contribution in [3.8, 4) is 0 Å². The van der Waals surface area contributed by atoms with Gasteiger partial charge in [-0.1, -0.05) is 48.0 Å². The molecule has 1 aliphatic heterocycles. The Morgan fingerprint density at radius 3 is 2.47 bits per heavy atom. The third-order valence-corrected chi connectivity index (χ3v) is 5.53. The number of hydrogen-bond acceptors (Lipinski definition) is 4. The van der Waals surface area contributed by atoms with E-state index in [-0.39, 0.29) is 11.8 Å². The van der Waals surface area contributed by atoms with E-state index in [0.717, 1.165) is 22.5 Å². The number of nitrogens with one attached hydrogen (secondary N) is 2. The summed E-state index contributed by atoms with van der Waals surface area (Å²) in [5.41, 5.74) is 10.6. The molecule has 32 heavy (non-hydrogen) atoms. The summed E-state index contributed by atoms with van der Waals surface area (Å²) in [6.07, 6.45) is 0.291. The minimum atomic E-state index is -0.197. The molecule has 0 aromatic heterocycles. The summed E-state index contributed by atoms with van der Waals surface area (Å²) in [5, 5.41) is 6.86. The zero-order valence-electron chi connectivity index (χ0n) is 17.6. The first-order chi connectivity index (χ1) is 15.5. The molecule has 2 amide bonds. The van der Waals surface area contributed by atoms with Crippen molar-refractivity contribution in [3.05, 3.63) is 88.9 Å². The molecular formula is C25H23ClN4O2. The van der Waals surface area contributed by atoms with Gasteiger partial charge in [-0.15, -0.1) is 0 Å². The standard InChI is InChI=1S/C25H23ClN4O2/c1-30(22(31)13-14-27)19-10-8-18(9-11-19)28-24(16-5-3-2-4-6-16)23-20-12-7-17(26)15-21(20)29-25(23)32/h2-12,15,28H,13-14,27H2,1H3,(H,29,32)/b24-23-. The molecular weight excluding hydrogens is 424 g/mol. The molecule has 1 heterocycles. The Kier molecular flexibility index (Phi) is 6.25. The van der Waals surface area contributed by atoms with Crippen molar-refractivity contribution in [2.24, 2.45) is 5.73 Å². The van der Waals surface area contributed by atoms with Gasteiger partial charge < -0.3 is 21.3 Å². The van der Waals surface area contributed by atoms with E-state index in [1.54, 1.807) is 24.1 Å². The fourth-order valence-electron chi connectivity index (χ4n) is 3.62. The summed E-state index contributed by atoms with van der Waals surface area (Å²) >= 11 is 6.11. The molecule has 6 nitrogen and oxygen atoms in total. The van der Waals surface area contributed by atoms with Crippen LogP contribution in [-0.2, 0) is 9.59 Å². The van der Waals surface area contributed by atoms with Crippen molar-refractivity contribution >= 4 is 51.7 Å². The van der Waals surface area contributed by atoms with Crippen LogP contribution >= 0.6 is 11.6 Å². The Labute approximate surface area is 191 Å². The Balaban J connectivity index is 1.72. The summed E-state index contributed by atoms with van der Waals surface area (Å²) in [6.45, 7) is 0.311. The molecule has 3 aromatic rings. The van der Waals surface area contributed by atoms with Gasteiger partial charge in [0.15, 0.2) is 0 Å². The molecule has 0 saturated heterocycles. The summed E-state index contributed by atoms with van der Waals surface area (Å²) in [7, 11) is 1.72. The topological polar surface area (TPSA) is 87.5 Å². The third-order valence-electron chi connectivity index (χ3n) is 5.29. The minimum Gasteiger partial charge on any atom is -0.354 e. The van der Waals surface area contributed by atoms with Crippen LogP contribution in [0.1, 0.15) is 17.5 Å². The Bertz CT molecular complexity index is 1190. The molecule has 7 heteroatoms. The second-order valence-corrected chi connectivity index (χ2v) is 7.86. The van der Waals surface area contributed by atoms with Crippen LogP contribution in [0.15, 0.2) is 72.8 Å². The van der Waals surface area contributed by atoms with Crippen LogP contribution in [0.4, 0.5) is 17.1 Å². The first-order valence-corrected chi connectivity index (χ1v) is 10.6. The lowest BCUT2D eigenvalue weighted by Crippen LogP contribution is -2.27. The van der Waals surface area contributed by atoms with Crippen molar-refractivity contribution in [3.63, 3.8) is 0 Å². The molecule has 162 valence electrons. The van der Waals surface area contributed by atoms with Crippen LogP contribution < -0.4 is 21.3 Å². The van der Waals surface area contributed by atoms with Gasteiger partial charge in [-0.3, -0.25) is 9.59 Å². The number of benzene rings is 3. The van der Waals surface area contributed by atoms with Crippen LogP contribution in [0, 0.1) is 0 Å². The molecule has 3 aromatic carbocycles. The van der Waals surface area contributed by atoms with Crippen molar-refractivity contribution in [2.45, 2.75) is 6.42 Å². The number of halogens is 1. The molecule has 0 spiro atoms. The van der Waals surface area contributed by atoms with Crippen molar-refractivity contribution in [2.75, 3.05) is 29.1 Å². The van der Waals surface area contributed by atoms with Crippen LogP contribution in [0.25, 0.3) is 11.3 Å². The van der Waals surface area contributed by atoms with Gasteiger partial charge in [-0.2, -0.15) is 0 Å². The van der Waals surface area contributed by atoms with Crippen molar-refractivity contribution < 1.29 is 9.59 Å². The first-order valence-electron chi connectivity index (χ1n) is 10.2. The number of hydrogen-bond donors (Lipinski definition) is 3. The monoisotopic (exact) mass is 446 g/mol. The van der Waals surface area contributed by atoms with Gasteiger partial charge in [0.05, 0.1) is 17.0 Å². The fourth-order valence-corrected chi connectivity index (χ4v) is 3.80. The lowest BCUT2D eigenvalue weighted by molar-refractivity contribution is -0.118. The van der Waals surface area contributed by atoms with Gasteiger partial charge in [0.1, 0.15) is 0 Å². The summed E-state index contributed by atoms with van der Waals surface area (Å²) in [4.78, 5) is 26.6. The van der Waals surface area contributed by atoms with E-state index in [0.29, 0.717) is 34.9 Å². The van der Waals surface area contributed by atoms with Crippen molar-refractivity contribution in [1.29, 1.82) is 0 Å². The largest absolute Gasteiger partial charge is 0.354 e. The Hall–Kier alpha value is -3.61. The number of fused-ring (bicyclic) bond motifs is 1. The van der Waals surface area contributed by atoms with Gasteiger partial charge in [0.25, 0.3) is 5.91 Å². The maximum Gasteiger partial charge on any atom is 0.258 e. The summed E-state index contributed by atoms with van der Waals surface area (Å²) in [6, 6.07) is 22.5. The average Bonchev–Trinajstić information content (AvgIpc) is 3.12. The van der Waals surface area contributed by atoms with Gasteiger partial charge in [0, 0.05) is 42.0 Å². The second-order valence-electron chi connectivity index (χ2n) is 7.42. The van der Waals surface area contributed by atoms with Crippen LogP contribution in [-0.4, -0.2) is 25.4 Å². The zero-order chi connectivity index (χ0) is 22.7. The molecule has 4 rings (SSSR count). The van der Waals surface area contributed by atoms with E-state index in [9.17, 15) is 9.59 Å². The molecule has 0 unspecified atom stereocenters. The van der Waals surface area contributed by atoms with E-state index in [1.807, 2.05) is 60.7 Å². The maximum atomic E-state index is 12.9. The molecule has 0 fully saturated rings. The van der Waals surface area contributed by atoms with Gasteiger partial charge in [-0.25, -0.2) is 0 Å². The van der Waals surface area contributed by atoms with Gasteiger partial charge >= 0.3 is 0 Å². The van der Waals surface area contributed by atoms with Crippen LogP contribution in [0.3, 0.4) is 0 Å².